The van der Waals surface area contributed by atoms with E-state index in [-0.39, 0.29) is 11.7 Å². The van der Waals surface area contributed by atoms with Gasteiger partial charge >= 0.3 is 0 Å². The van der Waals surface area contributed by atoms with Gasteiger partial charge in [0.1, 0.15) is 5.75 Å². The third-order valence-electron chi connectivity index (χ3n) is 3.17. The van der Waals surface area contributed by atoms with Crippen LogP contribution in [0.4, 0.5) is 0 Å². The molecule has 0 atom stereocenters. The third-order valence-corrected chi connectivity index (χ3v) is 3.17. The van der Waals surface area contributed by atoms with Gasteiger partial charge in [-0.25, -0.2) is 5.43 Å². The molecule has 0 saturated carbocycles. The fourth-order valence-corrected chi connectivity index (χ4v) is 2.05. The molecule has 4 nitrogen and oxygen atoms in total. The van der Waals surface area contributed by atoms with Crippen LogP contribution >= 0.6 is 0 Å². The normalized spacial score (nSPS) is 10.6. The quantitative estimate of drug-likeness (QED) is 0.505. The fraction of sp³-hybridized carbons (Fsp3) is 0.111. The van der Waals surface area contributed by atoms with Crippen molar-refractivity contribution in [2.75, 3.05) is 0 Å². The number of carbonyl (C=O) groups is 1. The molecule has 2 aromatic rings. The van der Waals surface area contributed by atoms with Crippen LogP contribution in [0.3, 0.4) is 0 Å². The predicted molar refractivity (Wildman–Crippen MR) is 88.2 cm³/mol. The van der Waals surface area contributed by atoms with Gasteiger partial charge in [0.25, 0.3) is 5.91 Å². The van der Waals surface area contributed by atoms with Gasteiger partial charge in [0.05, 0.1) is 6.21 Å². The summed E-state index contributed by atoms with van der Waals surface area (Å²) in [6.45, 7) is 5.57. The summed E-state index contributed by atoms with van der Waals surface area (Å²) in [5.41, 5.74) is 5.31. The standard InChI is InChI=1S/C18H18N2O2/c1-3-6-14-8-5-10-16(17(14)21)12-19-20-18(22)15-9-4-7-13(2)11-15/h3-5,7-12,21H,1,6H2,2H3,(H,20,22). The number of aryl methyl sites for hydroxylation is 1. The molecule has 0 saturated heterocycles. The summed E-state index contributed by atoms with van der Waals surface area (Å²) in [5.74, 6) is -0.141. The van der Waals surface area contributed by atoms with E-state index >= 15 is 0 Å². The minimum absolute atomic E-state index is 0.149. The number of phenols is 1. The number of benzene rings is 2. The van der Waals surface area contributed by atoms with Crippen LogP contribution in [0.25, 0.3) is 0 Å². The molecule has 0 aliphatic rings. The summed E-state index contributed by atoms with van der Waals surface area (Å²) < 4.78 is 0. The van der Waals surface area contributed by atoms with E-state index in [2.05, 4.69) is 17.1 Å². The summed E-state index contributed by atoms with van der Waals surface area (Å²) in [4.78, 5) is 11.9. The smallest absolute Gasteiger partial charge is 0.271 e. The van der Waals surface area contributed by atoms with Crippen molar-refractivity contribution in [2.24, 2.45) is 5.10 Å². The Labute approximate surface area is 129 Å². The Balaban J connectivity index is 2.08. The molecule has 2 N–H and O–H groups in total. The molecule has 112 valence electrons. The number of nitrogens with zero attached hydrogens (tertiary/aromatic N) is 1. The van der Waals surface area contributed by atoms with E-state index in [0.29, 0.717) is 17.5 Å². The summed E-state index contributed by atoms with van der Waals surface area (Å²) >= 11 is 0. The van der Waals surface area contributed by atoms with Crippen LogP contribution in [0, 0.1) is 6.92 Å². The number of nitrogens with one attached hydrogen (secondary N) is 1. The summed E-state index contributed by atoms with van der Waals surface area (Å²) in [7, 11) is 0. The van der Waals surface area contributed by atoms with Crippen molar-refractivity contribution >= 4 is 12.1 Å². The Morgan fingerprint density at radius 3 is 2.82 bits per heavy atom. The number of rotatable bonds is 5. The lowest BCUT2D eigenvalue weighted by atomic mass is 10.1. The lowest BCUT2D eigenvalue weighted by Gasteiger charge is -2.05. The highest BCUT2D eigenvalue weighted by Gasteiger charge is 2.05. The maximum Gasteiger partial charge on any atom is 0.271 e. The molecule has 22 heavy (non-hydrogen) atoms. The number of hydrogen-bond acceptors (Lipinski definition) is 3. The number of carbonyl (C=O) groups excluding carboxylic acids is 1. The molecule has 0 aromatic heterocycles. The zero-order chi connectivity index (χ0) is 15.9. The number of allylic oxidation sites excluding steroid dienone is 1. The number of para-hydroxylation sites is 1. The molecule has 0 bridgehead atoms. The monoisotopic (exact) mass is 294 g/mol. The average molecular weight is 294 g/mol. The first-order valence-corrected chi connectivity index (χ1v) is 6.93. The minimum atomic E-state index is -0.290. The molecule has 0 spiro atoms. The van der Waals surface area contributed by atoms with E-state index in [4.69, 9.17) is 0 Å². The van der Waals surface area contributed by atoms with Crippen LogP contribution in [-0.2, 0) is 6.42 Å². The Morgan fingerprint density at radius 2 is 2.09 bits per heavy atom. The first-order chi connectivity index (χ1) is 10.6. The van der Waals surface area contributed by atoms with Gasteiger partial charge in [-0.05, 0) is 37.1 Å². The van der Waals surface area contributed by atoms with Gasteiger partial charge in [-0.2, -0.15) is 5.10 Å². The third kappa shape index (κ3) is 3.82. The van der Waals surface area contributed by atoms with Gasteiger partial charge in [-0.1, -0.05) is 35.9 Å². The maximum atomic E-state index is 11.9. The number of phenolic OH excluding ortho intramolecular Hbond substituents is 1. The topological polar surface area (TPSA) is 61.7 Å². The van der Waals surface area contributed by atoms with Crippen molar-refractivity contribution in [2.45, 2.75) is 13.3 Å². The van der Waals surface area contributed by atoms with Crippen LogP contribution in [0.15, 0.2) is 60.2 Å². The minimum Gasteiger partial charge on any atom is -0.507 e. The predicted octanol–water partition coefficient (Wildman–Crippen LogP) is 3.19. The van der Waals surface area contributed by atoms with E-state index < -0.39 is 0 Å². The highest BCUT2D eigenvalue weighted by Crippen LogP contribution is 2.21. The van der Waals surface area contributed by atoms with Crippen LogP contribution < -0.4 is 5.43 Å². The molecule has 0 unspecified atom stereocenters. The lowest BCUT2D eigenvalue weighted by molar-refractivity contribution is 0.0955. The zero-order valence-electron chi connectivity index (χ0n) is 12.4. The molecular weight excluding hydrogens is 276 g/mol. The van der Waals surface area contributed by atoms with Crippen LogP contribution in [0.5, 0.6) is 5.75 Å². The Kier molecular flexibility index (Phi) is 5.09. The molecule has 1 amide bonds. The van der Waals surface area contributed by atoms with E-state index in [1.54, 1.807) is 24.3 Å². The zero-order valence-corrected chi connectivity index (χ0v) is 12.4. The Morgan fingerprint density at radius 1 is 1.32 bits per heavy atom. The second-order valence-electron chi connectivity index (χ2n) is 4.92. The molecule has 0 radical (unpaired) electrons. The molecule has 0 aliphatic carbocycles. The first kappa shape index (κ1) is 15.5. The Hall–Kier alpha value is -2.88. The molecule has 0 fully saturated rings. The number of amides is 1. The Bertz CT molecular complexity index is 721. The summed E-state index contributed by atoms with van der Waals surface area (Å²) in [5, 5.41) is 14.0. The molecule has 2 rings (SSSR count). The summed E-state index contributed by atoms with van der Waals surface area (Å²) in [6.07, 6.45) is 3.72. The van der Waals surface area contributed by atoms with Crippen molar-refractivity contribution in [3.05, 3.63) is 77.4 Å². The number of aromatic hydroxyl groups is 1. The maximum absolute atomic E-state index is 11.9. The van der Waals surface area contributed by atoms with Gasteiger partial charge in [0, 0.05) is 11.1 Å². The summed E-state index contributed by atoms with van der Waals surface area (Å²) in [6, 6.07) is 12.6. The molecule has 4 heteroatoms. The van der Waals surface area contributed by atoms with Gasteiger partial charge < -0.3 is 5.11 Å². The van der Waals surface area contributed by atoms with Crippen molar-refractivity contribution < 1.29 is 9.90 Å². The van der Waals surface area contributed by atoms with Crippen LogP contribution in [-0.4, -0.2) is 17.2 Å². The van der Waals surface area contributed by atoms with Crippen molar-refractivity contribution in [3.63, 3.8) is 0 Å². The average Bonchev–Trinajstić information content (AvgIpc) is 2.51. The second-order valence-corrected chi connectivity index (χ2v) is 4.92. The molecular formula is C18H18N2O2. The largest absolute Gasteiger partial charge is 0.507 e. The van der Waals surface area contributed by atoms with Crippen LogP contribution in [0.1, 0.15) is 27.0 Å². The molecule has 0 heterocycles. The second kappa shape index (κ2) is 7.22. The van der Waals surface area contributed by atoms with E-state index in [1.807, 2.05) is 31.2 Å². The van der Waals surface area contributed by atoms with Crippen LogP contribution in [0.2, 0.25) is 0 Å². The van der Waals surface area contributed by atoms with Gasteiger partial charge in [0.2, 0.25) is 0 Å². The van der Waals surface area contributed by atoms with Crippen molar-refractivity contribution in [1.29, 1.82) is 0 Å². The molecule has 0 aliphatic heterocycles. The van der Waals surface area contributed by atoms with Gasteiger partial charge in [0.15, 0.2) is 0 Å². The van der Waals surface area contributed by atoms with Crippen molar-refractivity contribution in [3.8, 4) is 5.75 Å². The number of hydrazone groups is 1. The molecule has 2 aromatic carbocycles. The highest BCUT2D eigenvalue weighted by molar-refractivity contribution is 5.95. The fourth-order valence-electron chi connectivity index (χ4n) is 2.05. The lowest BCUT2D eigenvalue weighted by Crippen LogP contribution is -2.17. The number of hydrogen-bond donors (Lipinski definition) is 2. The highest BCUT2D eigenvalue weighted by atomic mass is 16.3. The van der Waals surface area contributed by atoms with E-state index in [0.717, 1.165) is 11.1 Å². The van der Waals surface area contributed by atoms with E-state index in [9.17, 15) is 9.90 Å². The van der Waals surface area contributed by atoms with Crippen molar-refractivity contribution in [1.82, 2.24) is 5.43 Å². The first-order valence-electron chi connectivity index (χ1n) is 6.93. The SMILES string of the molecule is C=CCc1cccc(C=NNC(=O)c2cccc(C)c2)c1O. The van der Waals surface area contributed by atoms with Gasteiger partial charge in [-0.15, -0.1) is 6.58 Å². The van der Waals surface area contributed by atoms with E-state index in [1.165, 1.54) is 6.21 Å². The van der Waals surface area contributed by atoms with Gasteiger partial charge in [-0.3, -0.25) is 4.79 Å².